The van der Waals surface area contributed by atoms with Crippen LogP contribution in [0.2, 0.25) is 0 Å². The summed E-state index contributed by atoms with van der Waals surface area (Å²) in [5, 5.41) is 19.1. The zero-order valence-corrected chi connectivity index (χ0v) is 29.8. The Balaban J connectivity index is 1.43. The van der Waals surface area contributed by atoms with Crippen molar-refractivity contribution >= 4 is 29.5 Å². The number of benzene rings is 1. The summed E-state index contributed by atoms with van der Waals surface area (Å²) in [6.45, 7) is 16.4. The molecule has 1 saturated heterocycles. The SMILES string of the molecule is CC(C)c1cnn2c(N(Cc3ccc(-c4cccnc4)cc3)C(=O)OC(C)(C)C)cc(NC[C@H]3CCN(C(=O)OC(C)(C)C)C[C@@H]3O)nc12. The number of carbonyl (C=O) groups excluding carboxylic acids is 2. The molecule has 1 aliphatic rings. The predicted molar refractivity (Wildman–Crippen MR) is 190 cm³/mol. The molecular weight excluding hydrogens is 622 g/mol. The van der Waals surface area contributed by atoms with Crippen molar-refractivity contribution in [2.24, 2.45) is 5.92 Å². The van der Waals surface area contributed by atoms with Crippen LogP contribution in [0, 0.1) is 5.92 Å². The Bertz CT molecular complexity index is 1740. The van der Waals surface area contributed by atoms with E-state index in [-0.39, 0.29) is 24.9 Å². The third-order valence-electron chi connectivity index (χ3n) is 8.20. The van der Waals surface area contributed by atoms with Gasteiger partial charge in [0.2, 0.25) is 0 Å². The number of carbonyl (C=O) groups is 2. The van der Waals surface area contributed by atoms with Gasteiger partial charge in [0.15, 0.2) is 5.65 Å². The van der Waals surface area contributed by atoms with Crippen LogP contribution < -0.4 is 10.2 Å². The Morgan fingerprint density at radius 2 is 1.73 bits per heavy atom. The van der Waals surface area contributed by atoms with Gasteiger partial charge >= 0.3 is 12.2 Å². The summed E-state index contributed by atoms with van der Waals surface area (Å²) in [5.74, 6) is 1.02. The van der Waals surface area contributed by atoms with Gasteiger partial charge in [-0.2, -0.15) is 9.61 Å². The van der Waals surface area contributed by atoms with Crippen LogP contribution in [-0.4, -0.2) is 78.7 Å². The first-order valence-corrected chi connectivity index (χ1v) is 16.9. The number of piperidine rings is 1. The van der Waals surface area contributed by atoms with Gasteiger partial charge in [0.05, 0.1) is 25.4 Å². The molecule has 49 heavy (non-hydrogen) atoms. The van der Waals surface area contributed by atoms with E-state index < -0.39 is 29.5 Å². The van der Waals surface area contributed by atoms with Crippen molar-refractivity contribution < 1.29 is 24.2 Å². The molecule has 2 N–H and O–H groups in total. The molecule has 3 aromatic heterocycles. The molecule has 1 aliphatic heterocycles. The number of pyridine rings is 1. The highest BCUT2D eigenvalue weighted by atomic mass is 16.6. The molecule has 12 heteroatoms. The second kappa shape index (κ2) is 14.4. The van der Waals surface area contributed by atoms with Crippen molar-refractivity contribution in [3.63, 3.8) is 0 Å². The number of hydrogen-bond acceptors (Lipinski definition) is 9. The highest BCUT2D eigenvalue weighted by Gasteiger charge is 2.33. The van der Waals surface area contributed by atoms with E-state index in [0.29, 0.717) is 36.8 Å². The number of ether oxygens (including phenoxy) is 2. The van der Waals surface area contributed by atoms with Crippen LogP contribution in [0.5, 0.6) is 0 Å². The molecule has 0 saturated carbocycles. The van der Waals surface area contributed by atoms with E-state index in [4.69, 9.17) is 14.5 Å². The molecule has 0 aliphatic carbocycles. The molecule has 262 valence electrons. The van der Waals surface area contributed by atoms with E-state index in [1.165, 1.54) is 0 Å². The Hall–Kier alpha value is -4.71. The zero-order valence-electron chi connectivity index (χ0n) is 29.8. The minimum absolute atomic E-state index is 0.127. The molecule has 4 aromatic rings. The van der Waals surface area contributed by atoms with Crippen LogP contribution in [0.3, 0.4) is 0 Å². The number of hydrogen-bond donors (Lipinski definition) is 2. The van der Waals surface area contributed by atoms with Crippen LogP contribution in [0.1, 0.15) is 78.9 Å². The largest absolute Gasteiger partial charge is 0.444 e. The minimum atomic E-state index is -0.744. The lowest BCUT2D eigenvalue weighted by Gasteiger charge is -2.36. The number of β-amino-alcohol motifs (C(OH)–C–C–N with tert-alkyl or cyclic N) is 1. The van der Waals surface area contributed by atoms with Crippen LogP contribution in [-0.2, 0) is 16.0 Å². The quantitative estimate of drug-likeness (QED) is 0.205. The molecular formula is C37H49N7O5. The third kappa shape index (κ3) is 9.05. The number of rotatable bonds is 8. The number of nitrogens with one attached hydrogen (secondary N) is 1. The Kier molecular flexibility index (Phi) is 10.5. The summed E-state index contributed by atoms with van der Waals surface area (Å²) in [6.07, 6.45) is 4.24. The number of anilines is 2. The van der Waals surface area contributed by atoms with Crippen LogP contribution in [0.4, 0.5) is 21.2 Å². The van der Waals surface area contributed by atoms with Gasteiger partial charge in [-0.1, -0.05) is 44.2 Å². The lowest BCUT2D eigenvalue weighted by molar-refractivity contribution is -0.0104. The average Bonchev–Trinajstić information content (AvgIpc) is 3.46. The molecule has 5 rings (SSSR count). The van der Waals surface area contributed by atoms with E-state index >= 15 is 0 Å². The van der Waals surface area contributed by atoms with Gasteiger partial charge in [0.25, 0.3) is 0 Å². The number of aliphatic hydroxyl groups excluding tert-OH is 1. The normalized spacial score (nSPS) is 16.9. The summed E-state index contributed by atoms with van der Waals surface area (Å²) >= 11 is 0. The Labute approximate surface area is 288 Å². The number of fused-ring (bicyclic) bond motifs is 1. The van der Waals surface area contributed by atoms with Gasteiger partial charge in [0, 0.05) is 43.0 Å². The molecule has 2 atom stereocenters. The van der Waals surface area contributed by atoms with E-state index in [1.807, 2.05) is 84.1 Å². The van der Waals surface area contributed by atoms with Crippen LogP contribution in [0.25, 0.3) is 16.8 Å². The first kappa shape index (κ1) is 35.6. The number of nitrogens with zero attached hydrogens (tertiary/aromatic N) is 6. The number of aromatic nitrogens is 4. The Morgan fingerprint density at radius 1 is 1.02 bits per heavy atom. The van der Waals surface area contributed by atoms with Gasteiger partial charge in [-0.05, 0) is 76.6 Å². The molecule has 1 aromatic carbocycles. The smallest absolute Gasteiger partial charge is 0.416 e. The van der Waals surface area contributed by atoms with Gasteiger partial charge < -0.3 is 24.8 Å². The molecule has 0 bridgehead atoms. The maximum atomic E-state index is 13.9. The van der Waals surface area contributed by atoms with Crippen molar-refractivity contribution in [2.75, 3.05) is 29.9 Å². The summed E-state index contributed by atoms with van der Waals surface area (Å²) in [6, 6.07) is 13.7. The average molecular weight is 672 g/mol. The topological polar surface area (TPSA) is 134 Å². The predicted octanol–water partition coefficient (Wildman–Crippen LogP) is 6.89. The van der Waals surface area contributed by atoms with Crippen molar-refractivity contribution in [1.29, 1.82) is 0 Å². The standard InChI is InChI=1S/C37H49N7O5/c1-24(2)29-21-40-44-32(18-31(41-33(29)44)39-20-28-15-17-42(23-30(28)45)34(46)48-36(3,4)5)43(35(47)49-37(6,7)8)22-25-11-13-26(14-12-25)27-10-9-16-38-19-27/h9-14,16,18-19,21,24,28,30,45H,15,17,20,22-23H2,1-8H3,(H,39,41)/t28-,30+/m1/s1. The highest BCUT2D eigenvalue weighted by molar-refractivity contribution is 5.88. The highest BCUT2D eigenvalue weighted by Crippen LogP contribution is 2.30. The van der Waals surface area contributed by atoms with E-state index in [2.05, 4.69) is 29.2 Å². The molecule has 2 amide bonds. The molecule has 1 fully saturated rings. The van der Waals surface area contributed by atoms with Crippen LogP contribution >= 0.6 is 0 Å². The lowest BCUT2D eigenvalue weighted by Crippen LogP contribution is -2.49. The molecule has 0 radical (unpaired) electrons. The number of likely N-dealkylation sites (tertiary alicyclic amines) is 1. The maximum absolute atomic E-state index is 13.9. The summed E-state index contributed by atoms with van der Waals surface area (Å²) in [4.78, 5) is 38.8. The van der Waals surface area contributed by atoms with E-state index in [1.54, 1.807) is 32.8 Å². The zero-order chi connectivity index (χ0) is 35.5. The van der Waals surface area contributed by atoms with Gasteiger partial charge in [-0.25, -0.2) is 14.6 Å². The van der Waals surface area contributed by atoms with Crippen molar-refractivity contribution in [1.82, 2.24) is 24.5 Å². The fraction of sp³-hybridized carbons (Fsp3) is 0.486. The van der Waals surface area contributed by atoms with E-state index in [9.17, 15) is 14.7 Å². The second-order valence-electron chi connectivity index (χ2n) is 14.9. The Morgan fingerprint density at radius 3 is 2.35 bits per heavy atom. The number of aliphatic hydroxyl groups is 1. The van der Waals surface area contributed by atoms with E-state index in [0.717, 1.165) is 22.3 Å². The van der Waals surface area contributed by atoms with Crippen molar-refractivity contribution in [2.45, 2.75) is 91.6 Å². The summed E-state index contributed by atoms with van der Waals surface area (Å²) in [7, 11) is 0. The minimum Gasteiger partial charge on any atom is -0.444 e. The van der Waals surface area contributed by atoms with Gasteiger partial charge in [-0.3, -0.25) is 9.88 Å². The number of amides is 2. The van der Waals surface area contributed by atoms with Crippen molar-refractivity contribution in [3.05, 3.63) is 72.2 Å². The third-order valence-corrected chi connectivity index (χ3v) is 8.20. The second-order valence-corrected chi connectivity index (χ2v) is 14.9. The summed E-state index contributed by atoms with van der Waals surface area (Å²) < 4.78 is 13.1. The first-order valence-electron chi connectivity index (χ1n) is 16.9. The monoisotopic (exact) mass is 671 g/mol. The summed E-state index contributed by atoms with van der Waals surface area (Å²) in [5.41, 5.74) is 3.13. The van der Waals surface area contributed by atoms with Crippen molar-refractivity contribution in [3.8, 4) is 11.1 Å². The van der Waals surface area contributed by atoms with Gasteiger partial charge in [0.1, 0.15) is 22.8 Å². The fourth-order valence-electron chi connectivity index (χ4n) is 5.68. The van der Waals surface area contributed by atoms with Crippen LogP contribution in [0.15, 0.2) is 61.1 Å². The lowest BCUT2D eigenvalue weighted by atomic mass is 9.94. The fourth-order valence-corrected chi connectivity index (χ4v) is 5.68. The van der Waals surface area contributed by atoms with Gasteiger partial charge in [-0.15, -0.1) is 0 Å². The molecule has 0 unspecified atom stereocenters. The first-order chi connectivity index (χ1) is 23.1. The maximum Gasteiger partial charge on any atom is 0.416 e. The molecule has 4 heterocycles. The molecule has 0 spiro atoms. The molecule has 12 nitrogen and oxygen atoms in total.